The smallest absolute Gasteiger partial charge is 0.339 e. The van der Waals surface area contributed by atoms with Crippen LogP contribution >= 0.6 is 22.9 Å². The van der Waals surface area contributed by atoms with Gasteiger partial charge in [-0.05, 0) is 56.2 Å². The molecule has 2 amide bonds. The van der Waals surface area contributed by atoms with Gasteiger partial charge in [-0.25, -0.2) is 9.78 Å². The summed E-state index contributed by atoms with van der Waals surface area (Å²) in [6.45, 7) is 5.98. The number of amides is 2. The molecule has 0 unspecified atom stereocenters. The van der Waals surface area contributed by atoms with Gasteiger partial charge >= 0.3 is 5.97 Å². The van der Waals surface area contributed by atoms with E-state index in [2.05, 4.69) is 34.4 Å². The van der Waals surface area contributed by atoms with Crippen LogP contribution < -0.4 is 10.6 Å². The first-order chi connectivity index (χ1) is 17.7. The molecule has 0 aliphatic carbocycles. The molecule has 8 nitrogen and oxygen atoms in total. The topological polar surface area (TPSA) is 101 Å². The van der Waals surface area contributed by atoms with Crippen LogP contribution in [0.2, 0.25) is 5.02 Å². The Labute approximate surface area is 225 Å². The molecule has 1 aromatic heterocycles. The number of carbonyl (C=O) groups excluding carboxylic acids is 3. The summed E-state index contributed by atoms with van der Waals surface area (Å²) in [4.78, 5) is 46.3. The van der Waals surface area contributed by atoms with Crippen molar-refractivity contribution in [3.8, 4) is 0 Å². The standard InChI is InChI=1S/C27H29ClN4O4S/c1-16(2)32-14-13-21-22(15-32)37-26(30-21)25(34)31-24-17(5-4-6-20(24)27(35)36-3)7-12-23(33)29-19-10-8-18(28)9-11-19/h4-6,8-11,16H,7,12-15H2,1-3H3,(H,29,33)(H,31,34). The SMILES string of the molecule is COC(=O)c1cccc(CCC(=O)Nc2ccc(Cl)cc2)c1NC(=O)c1nc2c(s1)CN(C(C)C)CC2. The number of halogens is 1. The van der Waals surface area contributed by atoms with Gasteiger partial charge in [-0.2, -0.15) is 0 Å². The number of rotatable bonds is 8. The summed E-state index contributed by atoms with van der Waals surface area (Å²) < 4.78 is 4.94. The largest absolute Gasteiger partial charge is 0.465 e. The van der Waals surface area contributed by atoms with Crippen molar-refractivity contribution in [1.29, 1.82) is 0 Å². The van der Waals surface area contributed by atoms with Gasteiger partial charge in [0.15, 0.2) is 5.01 Å². The van der Waals surface area contributed by atoms with Gasteiger partial charge in [0.25, 0.3) is 5.91 Å². The fourth-order valence-electron chi connectivity index (χ4n) is 4.16. The minimum absolute atomic E-state index is 0.146. The van der Waals surface area contributed by atoms with E-state index >= 15 is 0 Å². The molecule has 37 heavy (non-hydrogen) atoms. The number of para-hydroxylation sites is 1. The molecule has 194 valence electrons. The molecular formula is C27H29ClN4O4S. The number of nitrogens with zero attached hydrogens (tertiary/aromatic N) is 2. The van der Waals surface area contributed by atoms with Crippen molar-refractivity contribution in [2.45, 2.75) is 45.7 Å². The number of aryl methyl sites for hydroxylation is 1. The first-order valence-corrected chi connectivity index (χ1v) is 13.2. The number of hydrogen-bond donors (Lipinski definition) is 2. The van der Waals surface area contributed by atoms with E-state index in [-0.39, 0.29) is 17.9 Å². The van der Waals surface area contributed by atoms with Gasteiger partial charge in [-0.15, -0.1) is 11.3 Å². The van der Waals surface area contributed by atoms with Crippen molar-refractivity contribution < 1.29 is 19.1 Å². The molecule has 10 heteroatoms. The molecule has 0 saturated heterocycles. The van der Waals surface area contributed by atoms with Crippen molar-refractivity contribution in [3.63, 3.8) is 0 Å². The van der Waals surface area contributed by atoms with Crippen LogP contribution in [0.25, 0.3) is 0 Å². The molecule has 0 spiro atoms. The maximum absolute atomic E-state index is 13.3. The minimum Gasteiger partial charge on any atom is -0.465 e. The summed E-state index contributed by atoms with van der Waals surface area (Å²) >= 11 is 7.28. The fourth-order valence-corrected chi connectivity index (χ4v) is 5.32. The summed E-state index contributed by atoms with van der Waals surface area (Å²) in [6, 6.07) is 12.3. The number of fused-ring (bicyclic) bond motifs is 1. The van der Waals surface area contributed by atoms with E-state index in [1.807, 2.05) is 0 Å². The van der Waals surface area contributed by atoms with Gasteiger partial charge < -0.3 is 15.4 Å². The van der Waals surface area contributed by atoms with Crippen molar-refractivity contribution in [3.05, 3.63) is 74.2 Å². The zero-order valence-corrected chi connectivity index (χ0v) is 22.5. The van der Waals surface area contributed by atoms with Crippen molar-refractivity contribution >= 4 is 52.1 Å². The number of thiazole rings is 1. The number of benzene rings is 2. The van der Waals surface area contributed by atoms with Gasteiger partial charge in [-0.3, -0.25) is 14.5 Å². The molecule has 0 bridgehead atoms. The Morgan fingerprint density at radius 3 is 2.59 bits per heavy atom. The number of aromatic nitrogens is 1. The number of carbonyl (C=O) groups is 3. The lowest BCUT2D eigenvalue weighted by atomic mass is 10.0. The minimum atomic E-state index is -0.575. The highest BCUT2D eigenvalue weighted by atomic mass is 35.5. The second-order valence-corrected chi connectivity index (χ2v) is 10.6. The Hall–Kier alpha value is -3.27. The van der Waals surface area contributed by atoms with Crippen LogP contribution in [0.1, 0.15) is 56.6 Å². The number of ether oxygens (including phenoxy) is 1. The van der Waals surface area contributed by atoms with Gasteiger partial charge in [0.2, 0.25) is 5.91 Å². The molecule has 0 radical (unpaired) electrons. The summed E-state index contributed by atoms with van der Waals surface area (Å²) in [6.07, 6.45) is 1.24. The number of esters is 1. The number of methoxy groups -OCH3 is 1. The maximum atomic E-state index is 13.3. The lowest BCUT2D eigenvalue weighted by molar-refractivity contribution is -0.116. The highest BCUT2D eigenvalue weighted by Crippen LogP contribution is 2.29. The third-order valence-corrected chi connectivity index (χ3v) is 7.56. The van der Waals surface area contributed by atoms with Gasteiger partial charge in [0.05, 0.1) is 24.1 Å². The van der Waals surface area contributed by atoms with Crippen LogP contribution in [-0.2, 0) is 28.9 Å². The Bertz CT molecular complexity index is 1310. The maximum Gasteiger partial charge on any atom is 0.339 e. The van der Waals surface area contributed by atoms with Crippen LogP contribution in [-0.4, -0.2) is 47.4 Å². The molecule has 2 heterocycles. The van der Waals surface area contributed by atoms with E-state index in [4.69, 9.17) is 16.3 Å². The number of nitrogens with one attached hydrogen (secondary N) is 2. The molecule has 1 aliphatic rings. The first kappa shape index (κ1) is 26.8. The molecule has 2 aromatic carbocycles. The van der Waals surface area contributed by atoms with E-state index in [0.29, 0.717) is 39.4 Å². The molecule has 3 aromatic rings. The van der Waals surface area contributed by atoms with Gasteiger partial charge in [0.1, 0.15) is 0 Å². The van der Waals surface area contributed by atoms with Crippen LogP contribution in [0, 0.1) is 0 Å². The van der Waals surface area contributed by atoms with E-state index in [1.165, 1.54) is 18.4 Å². The highest BCUT2D eigenvalue weighted by Gasteiger charge is 2.26. The van der Waals surface area contributed by atoms with E-state index in [0.717, 1.165) is 30.1 Å². The van der Waals surface area contributed by atoms with Crippen LogP contribution in [0.15, 0.2) is 42.5 Å². The Kier molecular flexibility index (Phi) is 8.58. The van der Waals surface area contributed by atoms with Crippen LogP contribution in [0.3, 0.4) is 0 Å². The fraction of sp³-hybridized carbons (Fsp3) is 0.333. The Balaban J connectivity index is 1.51. The van der Waals surface area contributed by atoms with Crippen molar-refractivity contribution in [2.75, 3.05) is 24.3 Å². The van der Waals surface area contributed by atoms with E-state index in [1.54, 1.807) is 42.5 Å². The lowest BCUT2D eigenvalue weighted by Gasteiger charge is -2.29. The lowest BCUT2D eigenvalue weighted by Crippen LogP contribution is -2.35. The zero-order valence-electron chi connectivity index (χ0n) is 21.0. The third kappa shape index (κ3) is 6.54. The molecule has 1 aliphatic heterocycles. The van der Waals surface area contributed by atoms with E-state index < -0.39 is 11.9 Å². The quantitative estimate of drug-likeness (QED) is 0.382. The monoisotopic (exact) mass is 540 g/mol. The van der Waals surface area contributed by atoms with Crippen LogP contribution in [0.4, 0.5) is 11.4 Å². The number of hydrogen-bond acceptors (Lipinski definition) is 7. The van der Waals surface area contributed by atoms with Crippen molar-refractivity contribution in [2.24, 2.45) is 0 Å². The predicted octanol–water partition coefficient (Wildman–Crippen LogP) is 5.17. The van der Waals surface area contributed by atoms with Gasteiger partial charge in [0, 0.05) is 47.6 Å². The second-order valence-electron chi connectivity index (χ2n) is 9.04. The first-order valence-electron chi connectivity index (χ1n) is 12.0. The average Bonchev–Trinajstić information content (AvgIpc) is 3.32. The molecule has 4 rings (SSSR count). The van der Waals surface area contributed by atoms with Crippen LogP contribution in [0.5, 0.6) is 0 Å². The third-order valence-electron chi connectivity index (χ3n) is 6.23. The Morgan fingerprint density at radius 2 is 1.89 bits per heavy atom. The predicted molar refractivity (Wildman–Crippen MR) is 146 cm³/mol. The molecular weight excluding hydrogens is 512 g/mol. The molecule has 0 saturated carbocycles. The van der Waals surface area contributed by atoms with Gasteiger partial charge in [-0.1, -0.05) is 23.7 Å². The summed E-state index contributed by atoms with van der Waals surface area (Å²) in [5, 5.41) is 6.63. The summed E-state index contributed by atoms with van der Waals surface area (Å²) in [5.74, 6) is -1.17. The second kappa shape index (κ2) is 11.9. The molecule has 0 atom stereocenters. The Morgan fingerprint density at radius 1 is 1.14 bits per heavy atom. The summed E-state index contributed by atoms with van der Waals surface area (Å²) in [5.41, 5.74) is 2.78. The normalized spacial score (nSPS) is 13.2. The highest BCUT2D eigenvalue weighted by molar-refractivity contribution is 7.13. The molecule has 0 fully saturated rings. The summed E-state index contributed by atoms with van der Waals surface area (Å²) in [7, 11) is 1.29. The average molecular weight is 541 g/mol. The number of anilines is 2. The van der Waals surface area contributed by atoms with Crippen molar-refractivity contribution in [1.82, 2.24) is 9.88 Å². The zero-order chi connectivity index (χ0) is 26.5. The van der Waals surface area contributed by atoms with E-state index in [9.17, 15) is 14.4 Å². The molecule has 2 N–H and O–H groups in total.